The average molecular weight is 569 g/mol. The highest BCUT2D eigenvalue weighted by Crippen LogP contribution is 2.29. The minimum absolute atomic E-state index is 0.0622. The summed E-state index contributed by atoms with van der Waals surface area (Å²) in [5.41, 5.74) is -2.03. The number of carbonyl (C=O) groups excluding carboxylic acids is 4. The Balaban J connectivity index is 2.80. The van der Waals surface area contributed by atoms with Gasteiger partial charge in [0.2, 0.25) is 11.9 Å². The number of ether oxygens (including phenoxy) is 3. The Morgan fingerprint density at radius 3 is 1.83 bits per heavy atom. The van der Waals surface area contributed by atoms with Gasteiger partial charge in [-0.25, -0.2) is 23.9 Å². The molecule has 0 atom stereocenters. The maximum Gasteiger partial charge on any atom is 0.427 e. The lowest BCUT2D eigenvalue weighted by molar-refractivity contribution is -0.113. The summed E-state index contributed by atoms with van der Waals surface area (Å²) in [4.78, 5) is 56.6. The van der Waals surface area contributed by atoms with Crippen LogP contribution in [-0.2, 0) is 19.0 Å². The zero-order valence-electron chi connectivity index (χ0n) is 22.0. The van der Waals surface area contributed by atoms with E-state index in [1.165, 1.54) is 12.1 Å². The highest BCUT2D eigenvalue weighted by molar-refractivity contribution is 9.09. The number of carbonyl (C=O) groups is 4. The molecule has 1 heterocycles. The second-order valence-electron chi connectivity index (χ2n) is 10.9. The summed E-state index contributed by atoms with van der Waals surface area (Å²) >= 11 is 3.08. The molecule has 36 heavy (non-hydrogen) atoms. The zero-order chi connectivity index (χ0) is 27.6. The molecular formula is C24H33BrN4O7. The monoisotopic (exact) mass is 568 g/mol. The minimum atomic E-state index is -1.09. The Kier molecular flexibility index (Phi) is 8.44. The Morgan fingerprint density at radius 2 is 1.39 bits per heavy atom. The summed E-state index contributed by atoms with van der Waals surface area (Å²) < 4.78 is 17.4. The van der Waals surface area contributed by atoms with Gasteiger partial charge in [-0.1, -0.05) is 15.9 Å². The fourth-order valence-electron chi connectivity index (χ4n) is 2.83. The van der Waals surface area contributed by atoms with Gasteiger partial charge in [-0.2, -0.15) is 0 Å². The maximum absolute atomic E-state index is 13.3. The average Bonchev–Trinajstić information content (AvgIpc) is 3.01. The molecule has 2 rings (SSSR count). The van der Waals surface area contributed by atoms with Crippen LogP contribution in [0.2, 0.25) is 0 Å². The highest BCUT2D eigenvalue weighted by Gasteiger charge is 2.38. The van der Waals surface area contributed by atoms with Crippen LogP contribution >= 0.6 is 15.9 Å². The molecule has 0 aliphatic heterocycles. The number of nitrogens with zero attached hydrogens (tertiary/aromatic N) is 3. The summed E-state index contributed by atoms with van der Waals surface area (Å²) in [5, 5.41) is 2.73. The number of nitrogens with one attached hydrogen (secondary N) is 1. The smallest absolute Gasteiger partial charge is 0.427 e. The van der Waals surface area contributed by atoms with Gasteiger partial charge in [0, 0.05) is 5.69 Å². The van der Waals surface area contributed by atoms with Crippen LogP contribution < -0.4 is 10.2 Å². The van der Waals surface area contributed by atoms with E-state index in [9.17, 15) is 19.2 Å². The van der Waals surface area contributed by atoms with Crippen LogP contribution in [0.5, 0.6) is 0 Å². The first kappa shape index (κ1) is 29.1. The molecule has 0 aliphatic carbocycles. The molecule has 1 N–H and O–H groups in total. The van der Waals surface area contributed by atoms with Crippen molar-refractivity contribution < 1.29 is 33.4 Å². The Morgan fingerprint density at radius 1 is 0.889 bits per heavy atom. The lowest BCUT2D eigenvalue weighted by atomic mass is 10.2. The molecule has 1 aromatic heterocycles. The van der Waals surface area contributed by atoms with E-state index in [2.05, 4.69) is 26.2 Å². The molecule has 0 bridgehead atoms. The predicted octanol–water partition coefficient (Wildman–Crippen LogP) is 5.83. The summed E-state index contributed by atoms with van der Waals surface area (Å²) in [6, 6.07) is 4.59. The van der Waals surface area contributed by atoms with Crippen LogP contribution in [0.4, 0.5) is 26.0 Å². The molecule has 0 fully saturated rings. The molecule has 0 radical (unpaired) electrons. The van der Waals surface area contributed by atoms with Crippen LogP contribution in [-0.4, -0.2) is 55.9 Å². The molecule has 11 nitrogen and oxygen atoms in total. The molecule has 3 amide bonds. The van der Waals surface area contributed by atoms with E-state index < -0.39 is 35.1 Å². The number of imide groups is 1. The zero-order valence-corrected chi connectivity index (χ0v) is 23.6. The van der Waals surface area contributed by atoms with Crippen molar-refractivity contribution in [3.63, 3.8) is 0 Å². The predicted molar refractivity (Wildman–Crippen MR) is 139 cm³/mol. The fraction of sp³-hybridized carbons (Fsp3) is 0.542. The van der Waals surface area contributed by atoms with E-state index in [0.717, 1.165) is 4.57 Å². The first-order valence-corrected chi connectivity index (χ1v) is 12.3. The summed E-state index contributed by atoms with van der Waals surface area (Å²) in [7, 11) is 0. The van der Waals surface area contributed by atoms with Crippen LogP contribution in [0.25, 0.3) is 11.0 Å². The van der Waals surface area contributed by atoms with E-state index in [1.807, 2.05) is 0 Å². The molecule has 0 aliphatic rings. The van der Waals surface area contributed by atoms with Crippen molar-refractivity contribution in [3.05, 3.63) is 18.2 Å². The largest absolute Gasteiger partial charge is 0.443 e. The molecule has 0 saturated carbocycles. The summed E-state index contributed by atoms with van der Waals surface area (Å²) in [5.74, 6) is -0.700. The number of rotatable bonds is 3. The Hall–Kier alpha value is -3.15. The normalized spacial score (nSPS) is 12.2. The van der Waals surface area contributed by atoms with Crippen LogP contribution in [0, 0.1) is 0 Å². The molecule has 198 valence electrons. The topological polar surface area (TPSA) is 129 Å². The standard InChI is InChI=1S/C24H33BrN4O7/c1-22(2,3)34-19(31)28-16-12-14(26-17(30)13-25)10-11-15(16)27-18(28)29(20(32)35-23(4,5)6)21(33)36-24(7,8)9/h10-12H,13H2,1-9H3,(H,26,30). The Bertz CT molecular complexity index is 1140. The third kappa shape index (κ3) is 7.94. The van der Waals surface area contributed by atoms with Crippen molar-refractivity contribution >= 4 is 62.8 Å². The lowest BCUT2D eigenvalue weighted by Crippen LogP contribution is -2.45. The second-order valence-corrected chi connectivity index (χ2v) is 11.5. The van der Waals surface area contributed by atoms with Gasteiger partial charge in [0.25, 0.3) is 0 Å². The van der Waals surface area contributed by atoms with Crippen molar-refractivity contribution in [3.8, 4) is 0 Å². The third-order valence-electron chi connectivity index (χ3n) is 3.97. The SMILES string of the molecule is CC(C)(C)OC(=O)N(C(=O)OC(C)(C)C)c1nc2ccc(NC(=O)CBr)cc2n1C(=O)OC(C)(C)C. The van der Waals surface area contributed by atoms with E-state index in [1.54, 1.807) is 68.4 Å². The quantitative estimate of drug-likeness (QED) is 0.361. The van der Waals surface area contributed by atoms with Gasteiger partial charge in [0.15, 0.2) is 0 Å². The number of imidazole rings is 1. The van der Waals surface area contributed by atoms with Gasteiger partial charge in [0.05, 0.1) is 16.4 Å². The van der Waals surface area contributed by atoms with E-state index >= 15 is 0 Å². The van der Waals surface area contributed by atoms with Crippen molar-refractivity contribution in [1.82, 2.24) is 9.55 Å². The van der Waals surface area contributed by atoms with E-state index in [0.29, 0.717) is 10.6 Å². The number of benzene rings is 1. The molecule has 0 unspecified atom stereocenters. The fourth-order valence-corrected chi connectivity index (χ4v) is 2.97. The van der Waals surface area contributed by atoms with Crippen molar-refractivity contribution in [1.29, 1.82) is 0 Å². The van der Waals surface area contributed by atoms with Crippen molar-refractivity contribution in [2.45, 2.75) is 79.1 Å². The van der Waals surface area contributed by atoms with Gasteiger partial charge in [-0.3, -0.25) is 4.79 Å². The van der Waals surface area contributed by atoms with Gasteiger partial charge < -0.3 is 19.5 Å². The lowest BCUT2D eigenvalue weighted by Gasteiger charge is -2.28. The number of aromatic nitrogens is 2. The van der Waals surface area contributed by atoms with Crippen LogP contribution in [0.3, 0.4) is 0 Å². The first-order valence-electron chi connectivity index (χ1n) is 11.2. The molecule has 12 heteroatoms. The van der Waals surface area contributed by atoms with Gasteiger partial charge in [-0.05, 0) is 80.5 Å². The number of amides is 3. The Labute approximate surface area is 218 Å². The van der Waals surface area contributed by atoms with Gasteiger partial charge >= 0.3 is 18.3 Å². The van der Waals surface area contributed by atoms with Crippen LogP contribution in [0.1, 0.15) is 62.3 Å². The number of anilines is 2. The van der Waals surface area contributed by atoms with Crippen LogP contribution in [0.15, 0.2) is 18.2 Å². The molecular weight excluding hydrogens is 536 g/mol. The minimum Gasteiger partial charge on any atom is -0.443 e. The number of hydrogen-bond acceptors (Lipinski definition) is 8. The molecule has 1 aromatic carbocycles. The number of fused-ring (bicyclic) bond motifs is 1. The van der Waals surface area contributed by atoms with Gasteiger partial charge in [-0.15, -0.1) is 4.90 Å². The second kappa shape index (κ2) is 10.5. The third-order valence-corrected chi connectivity index (χ3v) is 4.48. The maximum atomic E-state index is 13.3. The van der Waals surface area contributed by atoms with Crippen molar-refractivity contribution in [2.75, 3.05) is 15.5 Å². The molecule has 0 spiro atoms. The summed E-state index contributed by atoms with van der Waals surface area (Å²) in [6.07, 6.45) is -3.09. The molecule has 0 saturated heterocycles. The number of hydrogen-bond donors (Lipinski definition) is 1. The van der Waals surface area contributed by atoms with Gasteiger partial charge in [0.1, 0.15) is 16.8 Å². The van der Waals surface area contributed by atoms with Crippen molar-refractivity contribution in [2.24, 2.45) is 0 Å². The van der Waals surface area contributed by atoms with E-state index in [4.69, 9.17) is 14.2 Å². The first-order chi connectivity index (χ1) is 16.3. The summed E-state index contributed by atoms with van der Waals surface area (Å²) in [6.45, 7) is 14.8. The number of halogens is 1. The molecule has 2 aromatic rings. The van der Waals surface area contributed by atoms with E-state index in [-0.39, 0.29) is 28.2 Å². The highest BCUT2D eigenvalue weighted by atomic mass is 79.9. The number of alkyl halides is 1.